The zero-order chi connectivity index (χ0) is 14.8. The summed E-state index contributed by atoms with van der Waals surface area (Å²) < 4.78 is 25.2. The summed E-state index contributed by atoms with van der Waals surface area (Å²) in [6.07, 6.45) is 1.62. The molecule has 2 rings (SSSR count). The minimum Gasteiger partial charge on any atom is -0.390 e. The van der Waals surface area contributed by atoms with Gasteiger partial charge in [-0.3, -0.25) is 0 Å². The molecule has 0 aliphatic rings. The second kappa shape index (κ2) is 5.99. The number of imidazole rings is 1. The van der Waals surface area contributed by atoms with Gasteiger partial charge in [-0.1, -0.05) is 18.7 Å². The fourth-order valence-corrected chi connectivity index (χ4v) is 3.38. The van der Waals surface area contributed by atoms with Crippen molar-refractivity contribution >= 4 is 21.6 Å². The number of nitrogens with zero attached hydrogens (tertiary/aromatic N) is 2. The second-order valence-corrected chi connectivity index (χ2v) is 7.55. The summed E-state index contributed by atoms with van der Waals surface area (Å²) in [6, 6.07) is 6.75. The topological polar surface area (TPSA) is 72.2 Å². The summed E-state index contributed by atoms with van der Waals surface area (Å²) in [5.74, 6) is 0.0959. The Morgan fingerprint density at radius 3 is 2.45 bits per heavy atom. The fourth-order valence-electron chi connectivity index (χ4n) is 1.65. The van der Waals surface area contributed by atoms with E-state index in [0.717, 1.165) is 15.7 Å². The molecule has 0 saturated carbocycles. The largest absolute Gasteiger partial charge is 0.390 e. The van der Waals surface area contributed by atoms with Crippen LogP contribution in [0.2, 0.25) is 0 Å². The van der Waals surface area contributed by atoms with Gasteiger partial charge in [0.1, 0.15) is 0 Å². The first-order chi connectivity index (χ1) is 9.47. The Kier molecular flexibility index (Phi) is 4.52. The molecule has 0 fully saturated rings. The van der Waals surface area contributed by atoms with Crippen molar-refractivity contribution in [3.63, 3.8) is 0 Å². The maximum atomic E-state index is 11.7. The molecule has 0 aliphatic carbocycles. The third-order valence-corrected chi connectivity index (χ3v) is 5.80. The molecule has 0 bridgehead atoms. The van der Waals surface area contributed by atoms with Gasteiger partial charge in [-0.05, 0) is 24.3 Å². The van der Waals surface area contributed by atoms with E-state index in [1.54, 1.807) is 42.0 Å². The number of aromatic nitrogens is 2. The number of benzene rings is 1. The van der Waals surface area contributed by atoms with Gasteiger partial charge in [0, 0.05) is 11.9 Å². The number of hydrogen-bond donors (Lipinski definition) is 1. The number of hydrogen-bond acceptors (Lipinski definition) is 5. The first kappa shape index (κ1) is 15.1. The summed E-state index contributed by atoms with van der Waals surface area (Å²) >= 11 is 1.42. The molecule has 1 aromatic heterocycles. The molecule has 7 heteroatoms. The van der Waals surface area contributed by atoms with E-state index in [1.807, 2.05) is 7.05 Å². The van der Waals surface area contributed by atoms with Crippen LogP contribution < -0.4 is 0 Å². The van der Waals surface area contributed by atoms with Gasteiger partial charge in [0.25, 0.3) is 0 Å². The molecule has 0 radical (unpaired) electrons. The van der Waals surface area contributed by atoms with E-state index in [1.165, 1.54) is 11.8 Å². The van der Waals surface area contributed by atoms with Crippen molar-refractivity contribution in [1.29, 1.82) is 0 Å². The molecule has 0 aliphatic heterocycles. The Morgan fingerprint density at radius 1 is 1.30 bits per heavy atom. The van der Waals surface area contributed by atoms with Gasteiger partial charge in [-0.15, -0.1) is 0 Å². The molecule has 0 amide bonds. The normalized spacial score (nSPS) is 11.8. The molecule has 5 nitrogen and oxygen atoms in total. The highest BCUT2D eigenvalue weighted by Crippen LogP contribution is 2.27. The highest BCUT2D eigenvalue weighted by Gasteiger charge is 2.12. The zero-order valence-electron chi connectivity index (χ0n) is 11.3. The van der Waals surface area contributed by atoms with E-state index < -0.39 is 9.84 Å². The van der Waals surface area contributed by atoms with E-state index in [9.17, 15) is 8.42 Å². The summed E-state index contributed by atoms with van der Waals surface area (Å²) in [4.78, 5) is 5.45. The standard InChI is InChI=1S/C13H16N2O3S2/c1-3-20(17,18)12-6-4-11(5-7-12)19-13-14-8-10(9-16)15(13)2/h4-8,16H,3,9H2,1-2H3. The van der Waals surface area contributed by atoms with E-state index in [4.69, 9.17) is 5.11 Å². The Bertz CT molecular complexity index is 691. The van der Waals surface area contributed by atoms with E-state index in [2.05, 4.69) is 4.98 Å². The number of sulfone groups is 1. The van der Waals surface area contributed by atoms with Gasteiger partial charge in [0.2, 0.25) is 0 Å². The van der Waals surface area contributed by atoms with Gasteiger partial charge in [0.05, 0.1) is 29.1 Å². The van der Waals surface area contributed by atoms with E-state index >= 15 is 0 Å². The minimum absolute atomic E-state index is 0.0578. The highest BCUT2D eigenvalue weighted by atomic mass is 32.2. The molecule has 108 valence electrons. The molecular formula is C13H16N2O3S2. The van der Waals surface area contributed by atoms with Crippen LogP contribution in [0.1, 0.15) is 12.6 Å². The Hall–Kier alpha value is -1.31. The maximum absolute atomic E-state index is 11.7. The molecule has 0 unspecified atom stereocenters. The predicted molar refractivity (Wildman–Crippen MR) is 77.4 cm³/mol. The van der Waals surface area contributed by atoms with Crippen LogP contribution in [0.25, 0.3) is 0 Å². The second-order valence-electron chi connectivity index (χ2n) is 4.23. The molecular weight excluding hydrogens is 296 g/mol. The van der Waals surface area contributed by atoms with Crippen LogP contribution in [-0.2, 0) is 23.5 Å². The predicted octanol–water partition coefficient (Wildman–Crippen LogP) is 1.86. The van der Waals surface area contributed by atoms with Crippen molar-refractivity contribution in [3.05, 3.63) is 36.2 Å². The molecule has 1 heterocycles. The van der Waals surface area contributed by atoms with Gasteiger partial charge >= 0.3 is 0 Å². The molecule has 2 aromatic rings. The van der Waals surface area contributed by atoms with Crippen LogP contribution in [-0.4, -0.2) is 28.8 Å². The van der Waals surface area contributed by atoms with Crippen LogP contribution >= 0.6 is 11.8 Å². The van der Waals surface area contributed by atoms with Crippen molar-refractivity contribution in [2.45, 2.75) is 28.5 Å². The number of aliphatic hydroxyl groups is 1. The van der Waals surface area contributed by atoms with E-state index in [0.29, 0.717) is 4.90 Å². The third kappa shape index (κ3) is 3.05. The van der Waals surface area contributed by atoms with Crippen molar-refractivity contribution in [2.24, 2.45) is 7.05 Å². The molecule has 0 atom stereocenters. The van der Waals surface area contributed by atoms with Crippen molar-refractivity contribution < 1.29 is 13.5 Å². The lowest BCUT2D eigenvalue weighted by atomic mass is 10.4. The lowest BCUT2D eigenvalue weighted by Gasteiger charge is -2.05. The van der Waals surface area contributed by atoms with Crippen LogP contribution in [0, 0.1) is 0 Å². The van der Waals surface area contributed by atoms with Gasteiger partial charge < -0.3 is 9.67 Å². The number of rotatable bonds is 5. The highest BCUT2D eigenvalue weighted by molar-refractivity contribution is 7.99. The van der Waals surface area contributed by atoms with Crippen LogP contribution in [0.5, 0.6) is 0 Å². The van der Waals surface area contributed by atoms with Crippen LogP contribution in [0.15, 0.2) is 45.4 Å². The first-order valence-corrected chi connectivity index (χ1v) is 8.57. The molecule has 1 aromatic carbocycles. The summed E-state index contributed by atoms with van der Waals surface area (Å²) in [5.41, 5.74) is 0.734. The summed E-state index contributed by atoms with van der Waals surface area (Å²) in [6.45, 7) is 1.57. The fraction of sp³-hybridized carbons (Fsp3) is 0.308. The van der Waals surface area contributed by atoms with Gasteiger partial charge in [-0.2, -0.15) is 0 Å². The van der Waals surface area contributed by atoms with Crippen molar-refractivity contribution in [3.8, 4) is 0 Å². The molecule has 1 N–H and O–H groups in total. The lowest BCUT2D eigenvalue weighted by Crippen LogP contribution is -2.03. The quantitative estimate of drug-likeness (QED) is 0.912. The lowest BCUT2D eigenvalue weighted by molar-refractivity contribution is 0.271. The maximum Gasteiger partial charge on any atom is 0.178 e. The first-order valence-electron chi connectivity index (χ1n) is 6.10. The molecule has 20 heavy (non-hydrogen) atoms. The number of aliphatic hydroxyl groups excluding tert-OH is 1. The SMILES string of the molecule is CCS(=O)(=O)c1ccc(Sc2ncc(CO)n2C)cc1. The minimum atomic E-state index is -3.16. The van der Waals surface area contributed by atoms with E-state index in [-0.39, 0.29) is 12.4 Å². The monoisotopic (exact) mass is 312 g/mol. The summed E-state index contributed by atoms with van der Waals surface area (Å²) in [5, 5.41) is 9.86. The molecule has 0 saturated heterocycles. The Balaban J connectivity index is 2.21. The average molecular weight is 312 g/mol. The Morgan fingerprint density at radius 2 is 1.95 bits per heavy atom. The zero-order valence-corrected chi connectivity index (χ0v) is 12.9. The van der Waals surface area contributed by atoms with Crippen molar-refractivity contribution in [2.75, 3.05) is 5.75 Å². The summed E-state index contributed by atoms with van der Waals surface area (Å²) in [7, 11) is -1.33. The average Bonchev–Trinajstić information content (AvgIpc) is 2.80. The van der Waals surface area contributed by atoms with Crippen LogP contribution in [0.4, 0.5) is 0 Å². The van der Waals surface area contributed by atoms with Gasteiger partial charge in [-0.25, -0.2) is 13.4 Å². The third-order valence-electron chi connectivity index (χ3n) is 2.98. The Labute approximate surface area is 122 Å². The van der Waals surface area contributed by atoms with Gasteiger partial charge in [0.15, 0.2) is 15.0 Å². The van der Waals surface area contributed by atoms with Crippen molar-refractivity contribution in [1.82, 2.24) is 9.55 Å². The van der Waals surface area contributed by atoms with Crippen LogP contribution in [0.3, 0.4) is 0 Å². The smallest absolute Gasteiger partial charge is 0.178 e. The molecule has 0 spiro atoms.